The quantitative estimate of drug-likeness (QED) is 0.433. The van der Waals surface area contributed by atoms with Crippen molar-refractivity contribution < 1.29 is 9.34 Å². The van der Waals surface area contributed by atoms with Crippen molar-refractivity contribution in [2.24, 2.45) is 5.10 Å². The summed E-state index contributed by atoms with van der Waals surface area (Å²) in [4.78, 5) is 15.2. The van der Waals surface area contributed by atoms with E-state index >= 15 is 0 Å². The Balaban J connectivity index is 1.75. The summed E-state index contributed by atoms with van der Waals surface area (Å²) in [6, 6.07) is 12.6. The number of nitrogens with one attached hydrogen (secondary N) is 1. The molecule has 0 atom stereocenters. The van der Waals surface area contributed by atoms with Gasteiger partial charge in [0, 0.05) is 0 Å². The smallest absolute Gasteiger partial charge is 0.400 e. The molecule has 0 aliphatic rings. The monoisotopic (exact) mass is 328 g/mol. The van der Waals surface area contributed by atoms with Crippen LogP contribution in [-0.2, 0) is 0 Å². The van der Waals surface area contributed by atoms with Crippen molar-refractivity contribution in [3.63, 3.8) is 0 Å². The van der Waals surface area contributed by atoms with Crippen LogP contribution >= 0.6 is 11.3 Å². The first-order valence-electron chi connectivity index (χ1n) is 6.69. The number of hydrogen-bond acceptors (Lipinski definition) is 7. The SMILES string of the molecule is Cc1nc(N/N=C/c2ccccc2)sc1-c1ccc([N+](=O)[O-])o1. The fourth-order valence-electron chi connectivity index (χ4n) is 1.92. The Hall–Kier alpha value is -3.00. The van der Waals surface area contributed by atoms with Gasteiger partial charge in [0.2, 0.25) is 5.13 Å². The Morgan fingerprint density at radius 1 is 1.30 bits per heavy atom. The molecule has 8 heteroatoms. The first-order valence-corrected chi connectivity index (χ1v) is 7.51. The van der Waals surface area contributed by atoms with Crippen LogP contribution in [0, 0.1) is 17.0 Å². The molecule has 1 N–H and O–H groups in total. The second kappa shape index (κ2) is 6.41. The highest BCUT2D eigenvalue weighted by Gasteiger charge is 2.17. The average molecular weight is 328 g/mol. The molecule has 23 heavy (non-hydrogen) atoms. The van der Waals surface area contributed by atoms with Gasteiger partial charge in [0.1, 0.15) is 4.92 Å². The summed E-state index contributed by atoms with van der Waals surface area (Å²) >= 11 is 1.32. The molecule has 0 radical (unpaired) electrons. The third-order valence-corrected chi connectivity index (χ3v) is 4.04. The van der Waals surface area contributed by atoms with Crippen LogP contribution in [0.4, 0.5) is 11.0 Å². The van der Waals surface area contributed by atoms with Crippen LogP contribution in [0.15, 0.2) is 52.0 Å². The highest BCUT2D eigenvalue weighted by molar-refractivity contribution is 7.19. The summed E-state index contributed by atoms with van der Waals surface area (Å²) in [5.41, 5.74) is 4.54. The van der Waals surface area contributed by atoms with Crippen LogP contribution < -0.4 is 5.43 Å². The van der Waals surface area contributed by atoms with E-state index in [0.717, 1.165) is 16.1 Å². The van der Waals surface area contributed by atoms with Gasteiger partial charge in [-0.05, 0) is 18.6 Å². The highest BCUT2D eigenvalue weighted by Crippen LogP contribution is 2.35. The van der Waals surface area contributed by atoms with E-state index in [1.54, 1.807) is 12.3 Å². The number of rotatable bonds is 5. The topological polar surface area (TPSA) is 93.6 Å². The lowest BCUT2D eigenvalue weighted by atomic mass is 10.2. The molecule has 3 aromatic rings. The van der Waals surface area contributed by atoms with Crippen LogP contribution in [0.1, 0.15) is 11.3 Å². The number of hydrogen-bond donors (Lipinski definition) is 1. The second-order valence-electron chi connectivity index (χ2n) is 4.61. The van der Waals surface area contributed by atoms with E-state index in [4.69, 9.17) is 4.42 Å². The minimum absolute atomic E-state index is 0.288. The van der Waals surface area contributed by atoms with Crippen LogP contribution in [0.25, 0.3) is 10.6 Å². The van der Waals surface area contributed by atoms with Gasteiger partial charge in [-0.3, -0.25) is 15.5 Å². The molecule has 116 valence electrons. The van der Waals surface area contributed by atoms with Crippen molar-refractivity contribution >= 4 is 28.6 Å². The predicted molar refractivity (Wildman–Crippen MR) is 88.9 cm³/mol. The molecule has 2 heterocycles. The summed E-state index contributed by atoms with van der Waals surface area (Å²) in [5, 5.41) is 15.4. The normalized spacial score (nSPS) is 11.0. The van der Waals surface area contributed by atoms with Gasteiger partial charge in [0.05, 0.1) is 22.9 Å². The first-order chi connectivity index (χ1) is 11.1. The Morgan fingerprint density at radius 3 is 2.78 bits per heavy atom. The van der Waals surface area contributed by atoms with Gasteiger partial charge in [0.25, 0.3) is 0 Å². The zero-order chi connectivity index (χ0) is 16.2. The van der Waals surface area contributed by atoms with E-state index in [1.807, 2.05) is 37.3 Å². The van der Waals surface area contributed by atoms with Crippen molar-refractivity contribution in [1.82, 2.24) is 4.98 Å². The lowest BCUT2D eigenvalue weighted by Crippen LogP contribution is -1.89. The summed E-state index contributed by atoms with van der Waals surface area (Å²) in [6.45, 7) is 1.81. The lowest BCUT2D eigenvalue weighted by molar-refractivity contribution is -0.401. The molecule has 0 saturated carbocycles. The number of aryl methyl sites for hydroxylation is 1. The van der Waals surface area contributed by atoms with Crippen LogP contribution in [0.5, 0.6) is 0 Å². The van der Waals surface area contributed by atoms with Gasteiger partial charge >= 0.3 is 5.88 Å². The van der Waals surface area contributed by atoms with Crippen LogP contribution in [0.2, 0.25) is 0 Å². The summed E-state index contributed by atoms with van der Waals surface area (Å²) in [7, 11) is 0. The molecule has 0 spiro atoms. The fraction of sp³-hybridized carbons (Fsp3) is 0.0667. The van der Waals surface area contributed by atoms with Crippen LogP contribution in [0.3, 0.4) is 0 Å². The van der Waals surface area contributed by atoms with Crippen molar-refractivity contribution in [1.29, 1.82) is 0 Å². The number of nitrogens with zero attached hydrogens (tertiary/aromatic N) is 3. The molecule has 0 amide bonds. The molecular weight excluding hydrogens is 316 g/mol. The summed E-state index contributed by atoms with van der Waals surface area (Å²) in [5.74, 6) is 0.135. The molecule has 0 unspecified atom stereocenters. The number of hydrazone groups is 1. The number of thiazole rings is 1. The van der Waals surface area contributed by atoms with E-state index in [0.29, 0.717) is 10.9 Å². The minimum Gasteiger partial charge on any atom is -0.400 e. The fourth-order valence-corrected chi connectivity index (χ4v) is 2.80. The minimum atomic E-state index is -0.566. The van der Waals surface area contributed by atoms with Gasteiger partial charge < -0.3 is 4.42 Å². The largest absolute Gasteiger partial charge is 0.433 e. The first kappa shape index (κ1) is 14.9. The molecular formula is C15H12N4O3S. The zero-order valence-corrected chi connectivity index (χ0v) is 12.9. The lowest BCUT2D eigenvalue weighted by Gasteiger charge is -1.93. The maximum absolute atomic E-state index is 10.7. The van der Waals surface area contributed by atoms with Crippen molar-refractivity contribution in [2.75, 3.05) is 5.43 Å². The molecule has 0 saturated heterocycles. The Morgan fingerprint density at radius 2 is 2.09 bits per heavy atom. The highest BCUT2D eigenvalue weighted by atomic mass is 32.1. The number of benzene rings is 1. The second-order valence-corrected chi connectivity index (χ2v) is 5.61. The maximum atomic E-state index is 10.7. The van der Waals surface area contributed by atoms with E-state index in [-0.39, 0.29) is 5.88 Å². The molecule has 0 aliphatic carbocycles. The van der Waals surface area contributed by atoms with Gasteiger partial charge in [-0.15, -0.1) is 0 Å². The van der Waals surface area contributed by atoms with Gasteiger partial charge in [-0.25, -0.2) is 4.98 Å². The molecule has 3 rings (SSSR count). The standard InChI is InChI=1S/C15H12N4O3S/c1-10-14(12-7-8-13(22-12)19(20)21)23-15(17-10)18-16-9-11-5-3-2-4-6-11/h2-9H,1H3,(H,17,18)/b16-9+. The number of furan rings is 1. The average Bonchev–Trinajstić information content (AvgIpc) is 3.15. The molecule has 2 aromatic heterocycles. The number of aromatic nitrogens is 1. The van der Waals surface area contributed by atoms with Crippen molar-refractivity contribution in [3.05, 3.63) is 63.8 Å². The van der Waals surface area contributed by atoms with E-state index < -0.39 is 4.92 Å². The summed E-state index contributed by atoms with van der Waals surface area (Å²) in [6.07, 6.45) is 1.69. The van der Waals surface area contributed by atoms with E-state index in [9.17, 15) is 10.1 Å². The Kier molecular flexibility index (Phi) is 4.15. The van der Waals surface area contributed by atoms with Gasteiger partial charge in [0.15, 0.2) is 5.76 Å². The number of nitro groups is 1. The Labute approximate surface area is 135 Å². The van der Waals surface area contributed by atoms with E-state index in [1.165, 1.54) is 17.4 Å². The van der Waals surface area contributed by atoms with Crippen molar-refractivity contribution in [3.8, 4) is 10.6 Å². The predicted octanol–water partition coefficient (Wildman–Crippen LogP) is 4.07. The molecule has 0 fully saturated rings. The third-order valence-electron chi connectivity index (χ3n) is 2.97. The molecule has 0 bridgehead atoms. The van der Waals surface area contributed by atoms with E-state index in [2.05, 4.69) is 15.5 Å². The Bertz CT molecular complexity index is 855. The summed E-state index contributed by atoms with van der Waals surface area (Å²) < 4.78 is 5.20. The van der Waals surface area contributed by atoms with Crippen LogP contribution in [-0.4, -0.2) is 16.1 Å². The number of anilines is 1. The zero-order valence-electron chi connectivity index (χ0n) is 12.1. The molecule has 1 aromatic carbocycles. The van der Waals surface area contributed by atoms with Gasteiger partial charge in [-0.1, -0.05) is 41.7 Å². The molecule has 0 aliphatic heterocycles. The molecule has 7 nitrogen and oxygen atoms in total. The maximum Gasteiger partial charge on any atom is 0.433 e. The third kappa shape index (κ3) is 3.43. The van der Waals surface area contributed by atoms with Crippen molar-refractivity contribution in [2.45, 2.75) is 6.92 Å². The van der Waals surface area contributed by atoms with Gasteiger partial charge in [-0.2, -0.15) is 5.10 Å².